The molecule has 3 heterocycles. The standard InChI is InChI=1S/C21H17ClN2OS/c22-21-20-18(14-6-2-3-7-16(14)23-21)19(25)15-12-13(8-9-17(15)26-20)24-10-4-1-5-11-24/h2-3,6-9,12H,1,4-5,10-11H2. The van der Waals surface area contributed by atoms with Crippen LogP contribution >= 0.6 is 22.9 Å². The summed E-state index contributed by atoms with van der Waals surface area (Å²) in [6.07, 6.45) is 3.73. The number of hydrogen-bond donors (Lipinski definition) is 0. The number of hydrogen-bond acceptors (Lipinski definition) is 4. The number of fused-ring (bicyclic) bond motifs is 4. The summed E-state index contributed by atoms with van der Waals surface area (Å²) >= 11 is 7.96. The van der Waals surface area contributed by atoms with E-state index in [-0.39, 0.29) is 5.43 Å². The van der Waals surface area contributed by atoms with E-state index in [0.717, 1.165) is 44.5 Å². The molecule has 1 saturated heterocycles. The van der Waals surface area contributed by atoms with E-state index in [2.05, 4.69) is 28.1 Å². The second-order valence-electron chi connectivity index (χ2n) is 6.78. The summed E-state index contributed by atoms with van der Waals surface area (Å²) in [5, 5.41) is 2.74. The maximum atomic E-state index is 13.4. The Hall–Kier alpha value is -2.17. The number of nitrogens with zero attached hydrogens (tertiary/aromatic N) is 2. The monoisotopic (exact) mass is 380 g/mol. The number of halogens is 1. The van der Waals surface area contributed by atoms with Crippen LogP contribution in [0, 0.1) is 0 Å². The number of piperidine rings is 1. The van der Waals surface area contributed by atoms with Crippen molar-refractivity contribution in [3.8, 4) is 0 Å². The third-order valence-corrected chi connectivity index (χ3v) is 6.74. The predicted octanol–water partition coefficient (Wildman–Crippen LogP) is 5.61. The summed E-state index contributed by atoms with van der Waals surface area (Å²) in [6, 6.07) is 13.9. The van der Waals surface area contributed by atoms with Gasteiger partial charge < -0.3 is 4.90 Å². The molecule has 0 atom stereocenters. The van der Waals surface area contributed by atoms with Crippen LogP contribution in [0.4, 0.5) is 5.69 Å². The summed E-state index contributed by atoms with van der Waals surface area (Å²) in [6.45, 7) is 2.13. The fraction of sp³-hybridized carbons (Fsp3) is 0.238. The molecule has 5 heteroatoms. The lowest BCUT2D eigenvalue weighted by atomic mass is 10.1. The molecule has 3 nitrogen and oxygen atoms in total. The van der Waals surface area contributed by atoms with Crippen molar-refractivity contribution in [3.63, 3.8) is 0 Å². The molecule has 0 amide bonds. The van der Waals surface area contributed by atoms with Crippen molar-refractivity contribution in [3.05, 3.63) is 57.8 Å². The first-order chi connectivity index (χ1) is 12.7. The van der Waals surface area contributed by atoms with E-state index >= 15 is 0 Å². The van der Waals surface area contributed by atoms with E-state index in [1.54, 1.807) is 11.3 Å². The number of rotatable bonds is 1. The molecule has 0 spiro atoms. The minimum Gasteiger partial charge on any atom is -0.372 e. The highest BCUT2D eigenvalue weighted by Crippen LogP contribution is 2.35. The normalized spacial score (nSPS) is 15.2. The zero-order valence-corrected chi connectivity index (χ0v) is 15.7. The topological polar surface area (TPSA) is 33.2 Å². The fourth-order valence-electron chi connectivity index (χ4n) is 3.86. The van der Waals surface area contributed by atoms with E-state index in [4.69, 9.17) is 11.6 Å². The molecule has 0 N–H and O–H groups in total. The van der Waals surface area contributed by atoms with Gasteiger partial charge in [-0.3, -0.25) is 4.79 Å². The number of benzene rings is 2. The smallest absolute Gasteiger partial charge is 0.196 e. The summed E-state index contributed by atoms with van der Waals surface area (Å²) in [5.74, 6) is 0. The molecule has 5 rings (SSSR count). The molecule has 1 fully saturated rings. The molecule has 130 valence electrons. The Labute approximate surface area is 159 Å². The Morgan fingerprint density at radius 1 is 1.00 bits per heavy atom. The van der Waals surface area contributed by atoms with E-state index in [1.165, 1.54) is 19.3 Å². The second-order valence-corrected chi connectivity index (χ2v) is 8.19. The highest BCUT2D eigenvalue weighted by Gasteiger charge is 2.16. The Bertz CT molecular complexity index is 1210. The zero-order chi connectivity index (χ0) is 17.7. The first kappa shape index (κ1) is 16.0. The van der Waals surface area contributed by atoms with E-state index in [1.807, 2.05) is 24.3 Å². The molecule has 1 aliphatic rings. The molecule has 1 aliphatic heterocycles. The molecule has 0 bridgehead atoms. The molecule has 0 saturated carbocycles. The van der Waals surface area contributed by atoms with Gasteiger partial charge in [0.1, 0.15) is 5.15 Å². The van der Waals surface area contributed by atoms with Gasteiger partial charge in [-0.25, -0.2) is 4.98 Å². The molecule has 0 unspecified atom stereocenters. The Balaban J connectivity index is 1.84. The average Bonchev–Trinajstić information content (AvgIpc) is 2.69. The summed E-state index contributed by atoms with van der Waals surface area (Å²) in [7, 11) is 0. The lowest BCUT2D eigenvalue weighted by Crippen LogP contribution is -2.29. The van der Waals surface area contributed by atoms with Crippen LogP contribution in [0.1, 0.15) is 19.3 Å². The first-order valence-electron chi connectivity index (χ1n) is 8.92. The van der Waals surface area contributed by atoms with Crippen LogP contribution in [0.2, 0.25) is 5.15 Å². The quantitative estimate of drug-likeness (QED) is 0.244. The number of pyridine rings is 1. The minimum atomic E-state index is 0.0492. The van der Waals surface area contributed by atoms with Gasteiger partial charge in [-0.15, -0.1) is 11.3 Å². The SMILES string of the molecule is O=c1c2cc(N3CCCCC3)ccc2sc2c(Cl)nc3ccccc3c12. The molecule has 2 aromatic heterocycles. The van der Waals surface area contributed by atoms with Gasteiger partial charge >= 0.3 is 0 Å². The average molecular weight is 381 g/mol. The fourth-order valence-corrected chi connectivity index (χ4v) is 5.21. The summed E-state index contributed by atoms with van der Waals surface area (Å²) < 4.78 is 1.73. The van der Waals surface area contributed by atoms with Gasteiger partial charge in [0.25, 0.3) is 0 Å². The first-order valence-corrected chi connectivity index (χ1v) is 10.1. The highest BCUT2D eigenvalue weighted by molar-refractivity contribution is 7.25. The highest BCUT2D eigenvalue weighted by atomic mass is 35.5. The lowest BCUT2D eigenvalue weighted by Gasteiger charge is -2.28. The molecule has 26 heavy (non-hydrogen) atoms. The second kappa shape index (κ2) is 6.22. The van der Waals surface area contributed by atoms with Gasteiger partial charge in [0.15, 0.2) is 5.43 Å². The largest absolute Gasteiger partial charge is 0.372 e. The van der Waals surface area contributed by atoms with Gasteiger partial charge in [-0.05, 0) is 43.5 Å². The molecular weight excluding hydrogens is 364 g/mol. The van der Waals surface area contributed by atoms with Crippen molar-refractivity contribution in [2.45, 2.75) is 19.3 Å². The maximum Gasteiger partial charge on any atom is 0.196 e. The number of aromatic nitrogens is 1. The summed E-state index contributed by atoms with van der Waals surface area (Å²) in [4.78, 5) is 20.2. The molecule has 0 aliphatic carbocycles. The van der Waals surface area contributed by atoms with Crippen LogP contribution < -0.4 is 10.3 Å². The van der Waals surface area contributed by atoms with Gasteiger partial charge in [0.2, 0.25) is 0 Å². The van der Waals surface area contributed by atoms with Crippen LogP contribution in [0.25, 0.3) is 31.1 Å². The molecular formula is C21H17ClN2OS. The van der Waals surface area contributed by atoms with Crippen LogP contribution in [0.3, 0.4) is 0 Å². The van der Waals surface area contributed by atoms with E-state index in [0.29, 0.717) is 10.5 Å². The molecule has 0 radical (unpaired) electrons. The van der Waals surface area contributed by atoms with Crippen LogP contribution in [-0.4, -0.2) is 18.1 Å². The predicted molar refractivity (Wildman–Crippen MR) is 112 cm³/mol. The van der Waals surface area contributed by atoms with Crippen LogP contribution in [0.15, 0.2) is 47.3 Å². The van der Waals surface area contributed by atoms with Crippen LogP contribution in [-0.2, 0) is 0 Å². The van der Waals surface area contributed by atoms with Crippen molar-refractivity contribution in [1.82, 2.24) is 4.98 Å². The Kier molecular flexibility index (Phi) is 3.84. The van der Waals surface area contributed by atoms with Crippen molar-refractivity contribution in [2.75, 3.05) is 18.0 Å². The van der Waals surface area contributed by atoms with Gasteiger partial charge in [-0.2, -0.15) is 0 Å². The minimum absolute atomic E-state index is 0.0492. The summed E-state index contributed by atoms with van der Waals surface area (Å²) in [5.41, 5.74) is 1.96. The number of anilines is 1. The van der Waals surface area contributed by atoms with Crippen LogP contribution in [0.5, 0.6) is 0 Å². The van der Waals surface area contributed by atoms with Crippen molar-refractivity contribution in [2.24, 2.45) is 0 Å². The van der Waals surface area contributed by atoms with Gasteiger partial charge in [0, 0.05) is 34.2 Å². The number of para-hydroxylation sites is 1. The third-order valence-electron chi connectivity index (χ3n) is 5.17. The lowest BCUT2D eigenvalue weighted by molar-refractivity contribution is 0.578. The van der Waals surface area contributed by atoms with Crippen molar-refractivity contribution < 1.29 is 0 Å². The third kappa shape index (κ3) is 2.48. The van der Waals surface area contributed by atoms with Gasteiger partial charge in [-0.1, -0.05) is 29.8 Å². The van der Waals surface area contributed by atoms with Gasteiger partial charge in [0.05, 0.1) is 15.6 Å². The zero-order valence-electron chi connectivity index (χ0n) is 14.2. The maximum absolute atomic E-state index is 13.4. The molecule has 4 aromatic rings. The Morgan fingerprint density at radius 3 is 2.65 bits per heavy atom. The van der Waals surface area contributed by atoms with Crippen molar-refractivity contribution >= 4 is 59.7 Å². The van der Waals surface area contributed by atoms with Crippen molar-refractivity contribution in [1.29, 1.82) is 0 Å². The van der Waals surface area contributed by atoms with E-state index in [9.17, 15) is 4.79 Å². The van der Waals surface area contributed by atoms with E-state index < -0.39 is 0 Å². The Morgan fingerprint density at radius 2 is 1.81 bits per heavy atom. The molecule has 2 aromatic carbocycles.